The molecule has 1 aromatic heterocycles. The Labute approximate surface area is 82.6 Å². The first-order chi connectivity index (χ1) is 5.57. The van der Waals surface area contributed by atoms with Gasteiger partial charge in [0.05, 0.1) is 16.6 Å². The molecule has 0 amide bonds. The Balaban J connectivity index is 3.17. The van der Waals surface area contributed by atoms with Gasteiger partial charge < -0.3 is 10.5 Å². The quantitative estimate of drug-likeness (QED) is 0.777. The van der Waals surface area contributed by atoms with E-state index in [1.54, 1.807) is 0 Å². The Morgan fingerprint density at radius 1 is 1.67 bits per heavy atom. The number of esters is 1. The lowest BCUT2D eigenvalue weighted by Crippen LogP contribution is -2.01. The molecule has 2 N–H and O–H groups in total. The lowest BCUT2D eigenvalue weighted by Gasteiger charge is -1.95. The third-order valence-corrected chi connectivity index (χ3v) is 3.66. The Bertz CT molecular complexity index is 321. The second-order valence-corrected chi connectivity index (χ2v) is 4.57. The molecule has 0 unspecified atom stereocenters. The molecule has 0 aliphatic carbocycles. The van der Waals surface area contributed by atoms with Crippen LogP contribution in [-0.2, 0) is 4.74 Å². The zero-order valence-electron chi connectivity index (χ0n) is 6.68. The SMILES string of the molecule is COC(=O)c1sc(Br)c(C)c1N. The fourth-order valence-electron chi connectivity index (χ4n) is 0.742. The number of methoxy groups -OCH3 is 1. The molecular formula is C7H8BrNO2S. The van der Waals surface area contributed by atoms with E-state index in [9.17, 15) is 4.79 Å². The molecule has 0 radical (unpaired) electrons. The summed E-state index contributed by atoms with van der Waals surface area (Å²) < 4.78 is 5.43. The van der Waals surface area contributed by atoms with Crippen molar-refractivity contribution >= 4 is 38.9 Å². The third-order valence-electron chi connectivity index (χ3n) is 1.51. The molecule has 1 heterocycles. The third kappa shape index (κ3) is 1.47. The van der Waals surface area contributed by atoms with E-state index in [4.69, 9.17) is 5.73 Å². The largest absolute Gasteiger partial charge is 0.465 e. The van der Waals surface area contributed by atoms with E-state index in [0.717, 1.165) is 9.35 Å². The number of thiophene rings is 1. The fourth-order valence-corrected chi connectivity index (χ4v) is 2.31. The van der Waals surface area contributed by atoms with Gasteiger partial charge in [-0.1, -0.05) is 0 Å². The van der Waals surface area contributed by atoms with Crippen LogP contribution in [0, 0.1) is 6.92 Å². The number of carbonyl (C=O) groups excluding carboxylic acids is 1. The van der Waals surface area contributed by atoms with Gasteiger partial charge in [-0.05, 0) is 28.4 Å². The number of halogens is 1. The maximum atomic E-state index is 11.1. The van der Waals surface area contributed by atoms with E-state index in [1.807, 2.05) is 6.92 Å². The number of hydrogen-bond donors (Lipinski definition) is 1. The van der Waals surface area contributed by atoms with Gasteiger partial charge in [0.1, 0.15) is 4.88 Å². The topological polar surface area (TPSA) is 52.3 Å². The minimum absolute atomic E-state index is 0.383. The Kier molecular flexibility index (Phi) is 2.74. The molecule has 0 aliphatic rings. The van der Waals surface area contributed by atoms with Gasteiger partial charge in [0, 0.05) is 0 Å². The summed E-state index contributed by atoms with van der Waals surface area (Å²) in [5.74, 6) is -0.383. The van der Waals surface area contributed by atoms with E-state index in [-0.39, 0.29) is 5.97 Å². The second-order valence-electron chi connectivity index (χ2n) is 2.24. The van der Waals surface area contributed by atoms with Crippen molar-refractivity contribution in [3.8, 4) is 0 Å². The van der Waals surface area contributed by atoms with Gasteiger partial charge in [0.15, 0.2) is 0 Å². The standard InChI is InChI=1S/C7H8BrNO2S/c1-3-4(9)5(7(10)11-2)12-6(3)8/h9H2,1-2H3. The number of nitrogen functional groups attached to an aromatic ring is 1. The first-order valence-electron chi connectivity index (χ1n) is 3.20. The van der Waals surface area contributed by atoms with Crippen molar-refractivity contribution in [2.75, 3.05) is 12.8 Å². The molecule has 5 heteroatoms. The van der Waals surface area contributed by atoms with E-state index in [1.165, 1.54) is 18.4 Å². The highest BCUT2D eigenvalue weighted by Gasteiger charge is 2.17. The number of rotatable bonds is 1. The lowest BCUT2D eigenvalue weighted by molar-refractivity contribution is 0.0607. The van der Waals surface area contributed by atoms with Crippen LogP contribution in [0.3, 0.4) is 0 Å². The molecule has 0 saturated heterocycles. The number of nitrogens with two attached hydrogens (primary N) is 1. The molecule has 1 aromatic rings. The van der Waals surface area contributed by atoms with Crippen LogP contribution in [0.25, 0.3) is 0 Å². The molecule has 0 saturated carbocycles. The van der Waals surface area contributed by atoms with Crippen LogP contribution in [0.5, 0.6) is 0 Å². The maximum absolute atomic E-state index is 11.1. The van der Waals surface area contributed by atoms with Crippen LogP contribution < -0.4 is 5.73 Å². The van der Waals surface area contributed by atoms with Gasteiger partial charge >= 0.3 is 5.97 Å². The molecule has 0 aromatic carbocycles. The lowest BCUT2D eigenvalue weighted by atomic mass is 10.3. The summed E-state index contributed by atoms with van der Waals surface area (Å²) in [7, 11) is 1.34. The molecule has 0 atom stereocenters. The Hall–Kier alpha value is -0.550. The fraction of sp³-hybridized carbons (Fsp3) is 0.286. The van der Waals surface area contributed by atoms with Gasteiger partial charge in [-0.3, -0.25) is 0 Å². The van der Waals surface area contributed by atoms with Crippen LogP contribution in [0.1, 0.15) is 15.2 Å². The minimum Gasteiger partial charge on any atom is -0.465 e. The maximum Gasteiger partial charge on any atom is 0.350 e. The number of anilines is 1. The average molecular weight is 250 g/mol. The van der Waals surface area contributed by atoms with Crippen LogP contribution in [-0.4, -0.2) is 13.1 Å². The number of ether oxygens (including phenoxy) is 1. The molecule has 0 fully saturated rings. The van der Waals surface area contributed by atoms with Crippen molar-refractivity contribution in [1.29, 1.82) is 0 Å². The van der Waals surface area contributed by atoms with Gasteiger partial charge in [0.2, 0.25) is 0 Å². The predicted molar refractivity (Wildman–Crippen MR) is 52.5 cm³/mol. The number of hydrogen-bond acceptors (Lipinski definition) is 4. The number of carbonyl (C=O) groups is 1. The minimum atomic E-state index is -0.383. The van der Waals surface area contributed by atoms with Crippen LogP contribution in [0.4, 0.5) is 5.69 Å². The summed E-state index contributed by atoms with van der Waals surface area (Å²) in [6.45, 7) is 1.85. The van der Waals surface area contributed by atoms with Gasteiger partial charge in [-0.25, -0.2) is 4.79 Å². The molecule has 66 valence electrons. The molecule has 1 rings (SSSR count). The van der Waals surface area contributed by atoms with Crippen LogP contribution in [0.15, 0.2) is 3.79 Å². The van der Waals surface area contributed by atoms with Crippen molar-refractivity contribution < 1.29 is 9.53 Å². The average Bonchev–Trinajstić information content (AvgIpc) is 2.32. The van der Waals surface area contributed by atoms with Crippen molar-refractivity contribution in [3.05, 3.63) is 14.2 Å². The summed E-state index contributed by atoms with van der Waals surface area (Å²) in [6, 6.07) is 0. The zero-order chi connectivity index (χ0) is 9.30. The first kappa shape index (κ1) is 9.54. The Morgan fingerprint density at radius 2 is 2.25 bits per heavy atom. The van der Waals surface area contributed by atoms with Crippen LogP contribution in [0.2, 0.25) is 0 Å². The van der Waals surface area contributed by atoms with Crippen molar-refractivity contribution in [3.63, 3.8) is 0 Å². The summed E-state index contributed by atoms with van der Waals surface area (Å²) in [4.78, 5) is 11.5. The van der Waals surface area contributed by atoms with E-state index >= 15 is 0 Å². The molecule has 3 nitrogen and oxygen atoms in total. The predicted octanol–water partition coefficient (Wildman–Crippen LogP) is 2.19. The molecular weight excluding hydrogens is 242 g/mol. The normalized spacial score (nSPS) is 9.92. The summed E-state index contributed by atoms with van der Waals surface area (Å²) in [5, 5.41) is 0. The highest BCUT2D eigenvalue weighted by molar-refractivity contribution is 9.11. The smallest absolute Gasteiger partial charge is 0.350 e. The first-order valence-corrected chi connectivity index (χ1v) is 4.81. The molecule has 12 heavy (non-hydrogen) atoms. The van der Waals surface area contributed by atoms with Gasteiger partial charge in [-0.2, -0.15) is 0 Å². The summed E-state index contributed by atoms with van der Waals surface area (Å²) in [5.41, 5.74) is 7.05. The van der Waals surface area contributed by atoms with Gasteiger partial charge in [-0.15, -0.1) is 11.3 Å². The Morgan fingerprint density at radius 3 is 2.58 bits per heavy atom. The van der Waals surface area contributed by atoms with E-state index < -0.39 is 0 Å². The second kappa shape index (κ2) is 3.45. The van der Waals surface area contributed by atoms with Crippen LogP contribution >= 0.6 is 27.3 Å². The van der Waals surface area contributed by atoms with Crippen molar-refractivity contribution in [2.45, 2.75) is 6.92 Å². The van der Waals surface area contributed by atoms with Gasteiger partial charge in [0.25, 0.3) is 0 Å². The summed E-state index contributed by atoms with van der Waals surface area (Å²) in [6.07, 6.45) is 0. The zero-order valence-corrected chi connectivity index (χ0v) is 9.08. The summed E-state index contributed by atoms with van der Waals surface area (Å²) >= 11 is 4.59. The highest BCUT2D eigenvalue weighted by atomic mass is 79.9. The van der Waals surface area contributed by atoms with Crippen molar-refractivity contribution in [1.82, 2.24) is 0 Å². The van der Waals surface area contributed by atoms with E-state index in [0.29, 0.717) is 10.6 Å². The molecule has 0 bridgehead atoms. The monoisotopic (exact) mass is 249 g/mol. The van der Waals surface area contributed by atoms with E-state index in [2.05, 4.69) is 20.7 Å². The highest BCUT2D eigenvalue weighted by Crippen LogP contribution is 2.34. The van der Waals surface area contributed by atoms with Crippen molar-refractivity contribution in [2.24, 2.45) is 0 Å². The molecule has 0 spiro atoms. The molecule has 0 aliphatic heterocycles.